The molecule has 1 unspecified atom stereocenters. The highest BCUT2D eigenvalue weighted by molar-refractivity contribution is 9.10. The summed E-state index contributed by atoms with van der Waals surface area (Å²) in [5.74, 6) is 0.230. The minimum Gasteiger partial charge on any atom is -0.390 e. The van der Waals surface area contributed by atoms with E-state index in [4.69, 9.17) is 11.6 Å². The van der Waals surface area contributed by atoms with Gasteiger partial charge in [0, 0.05) is 18.4 Å². The summed E-state index contributed by atoms with van der Waals surface area (Å²) in [4.78, 5) is 0. The Balaban J connectivity index is 1.98. The number of nitrogens with one attached hydrogen (secondary N) is 1. The molecule has 102 valence electrons. The van der Waals surface area contributed by atoms with Crippen molar-refractivity contribution < 1.29 is 5.11 Å². The van der Waals surface area contributed by atoms with Gasteiger partial charge in [-0.25, -0.2) is 0 Å². The van der Waals surface area contributed by atoms with E-state index in [-0.39, 0.29) is 5.88 Å². The third kappa shape index (κ3) is 4.53. The zero-order valence-corrected chi connectivity index (χ0v) is 12.6. The molecule has 1 heterocycles. The maximum Gasteiger partial charge on any atom is 0.0847 e. The number of hydrogen-bond donors (Lipinski definition) is 2. The SMILES string of the molecule is OC(CCl)CNc1cccc(Cn2cc(Br)cn2)c1. The number of hydrogen-bond acceptors (Lipinski definition) is 3. The van der Waals surface area contributed by atoms with Gasteiger partial charge in [0.2, 0.25) is 0 Å². The Morgan fingerprint density at radius 3 is 3.00 bits per heavy atom. The van der Waals surface area contributed by atoms with Gasteiger partial charge in [0.15, 0.2) is 0 Å². The lowest BCUT2D eigenvalue weighted by Crippen LogP contribution is -2.20. The van der Waals surface area contributed by atoms with Gasteiger partial charge < -0.3 is 10.4 Å². The summed E-state index contributed by atoms with van der Waals surface area (Å²) in [6.07, 6.45) is 3.16. The molecule has 0 aliphatic heterocycles. The second kappa shape index (κ2) is 6.93. The van der Waals surface area contributed by atoms with Gasteiger partial charge in [0.1, 0.15) is 0 Å². The molecule has 0 spiro atoms. The Morgan fingerprint density at radius 1 is 1.47 bits per heavy atom. The minimum atomic E-state index is -0.535. The molecular formula is C13H15BrClN3O. The van der Waals surface area contributed by atoms with Crippen LogP contribution < -0.4 is 5.32 Å². The predicted molar refractivity (Wildman–Crippen MR) is 80.7 cm³/mol. The average molecular weight is 345 g/mol. The fourth-order valence-electron chi connectivity index (χ4n) is 1.68. The highest BCUT2D eigenvalue weighted by Crippen LogP contribution is 2.13. The van der Waals surface area contributed by atoms with Crippen LogP contribution in [-0.4, -0.2) is 33.4 Å². The molecule has 0 saturated carbocycles. The van der Waals surface area contributed by atoms with E-state index in [2.05, 4.69) is 26.3 Å². The van der Waals surface area contributed by atoms with E-state index >= 15 is 0 Å². The van der Waals surface area contributed by atoms with Crippen molar-refractivity contribution in [3.63, 3.8) is 0 Å². The van der Waals surface area contributed by atoms with Crippen molar-refractivity contribution in [3.05, 3.63) is 46.7 Å². The minimum absolute atomic E-state index is 0.230. The lowest BCUT2D eigenvalue weighted by molar-refractivity contribution is 0.211. The van der Waals surface area contributed by atoms with Crippen molar-refractivity contribution in [1.29, 1.82) is 0 Å². The number of alkyl halides is 1. The van der Waals surface area contributed by atoms with Gasteiger partial charge in [0.05, 0.1) is 29.2 Å². The van der Waals surface area contributed by atoms with Crippen LogP contribution in [0, 0.1) is 0 Å². The van der Waals surface area contributed by atoms with Gasteiger partial charge in [-0.2, -0.15) is 5.10 Å². The monoisotopic (exact) mass is 343 g/mol. The first-order valence-electron chi connectivity index (χ1n) is 5.92. The molecule has 6 heteroatoms. The van der Waals surface area contributed by atoms with Crippen molar-refractivity contribution in [2.24, 2.45) is 0 Å². The standard InChI is InChI=1S/C13H15BrClN3O/c14-11-6-17-18(9-11)8-10-2-1-3-12(4-10)16-7-13(19)5-15/h1-4,6,9,13,16,19H,5,7-8H2. The van der Waals surface area contributed by atoms with Crippen LogP contribution in [0.4, 0.5) is 5.69 Å². The summed E-state index contributed by atoms with van der Waals surface area (Å²) in [6, 6.07) is 8.02. The lowest BCUT2D eigenvalue weighted by atomic mass is 10.2. The van der Waals surface area contributed by atoms with Crippen LogP contribution >= 0.6 is 27.5 Å². The molecule has 1 aromatic carbocycles. The van der Waals surface area contributed by atoms with E-state index in [1.165, 1.54) is 0 Å². The Labute approximate surface area is 125 Å². The molecule has 0 amide bonds. The first-order chi connectivity index (χ1) is 9.17. The molecule has 2 aromatic rings. The fraction of sp³-hybridized carbons (Fsp3) is 0.308. The van der Waals surface area contributed by atoms with Crippen LogP contribution in [0.2, 0.25) is 0 Å². The molecule has 0 aliphatic rings. The summed E-state index contributed by atoms with van der Waals surface area (Å²) >= 11 is 8.93. The maximum absolute atomic E-state index is 9.41. The predicted octanol–water partition coefficient (Wildman–Crippen LogP) is 2.71. The average Bonchev–Trinajstić information content (AvgIpc) is 2.82. The number of aliphatic hydroxyl groups is 1. The molecule has 1 aromatic heterocycles. The normalized spacial score (nSPS) is 12.4. The van der Waals surface area contributed by atoms with E-state index in [0.717, 1.165) is 15.7 Å². The second-order valence-corrected chi connectivity index (χ2v) is 5.47. The molecule has 19 heavy (non-hydrogen) atoms. The van der Waals surface area contributed by atoms with Gasteiger partial charge in [0.25, 0.3) is 0 Å². The Bertz CT molecular complexity index is 532. The zero-order valence-electron chi connectivity index (χ0n) is 10.3. The number of rotatable bonds is 6. The van der Waals surface area contributed by atoms with Gasteiger partial charge in [-0.3, -0.25) is 4.68 Å². The molecule has 2 rings (SSSR count). The van der Waals surface area contributed by atoms with Gasteiger partial charge in [-0.05, 0) is 33.6 Å². The number of aliphatic hydroxyl groups excluding tert-OH is 1. The summed E-state index contributed by atoms with van der Waals surface area (Å²) in [6.45, 7) is 1.15. The first-order valence-corrected chi connectivity index (χ1v) is 7.25. The van der Waals surface area contributed by atoms with Gasteiger partial charge >= 0.3 is 0 Å². The van der Waals surface area contributed by atoms with Crippen LogP contribution in [0.1, 0.15) is 5.56 Å². The third-order valence-corrected chi connectivity index (χ3v) is 3.36. The smallest absolute Gasteiger partial charge is 0.0847 e. The maximum atomic E-state index is 9.41. The number of halogens is 2. The van der Waals surface area contributed by atoms with Crippen molar-refractivity contribution in [2.75, 3.05) is 17.7 Å². The molecule has 4 nitrogen and oxygen atoms in total. The molecule has 0 saturated heterocycles. The summed E-state index contributed by atoms with van der Waals surface area (Å²) in [5, 5.41) is 16.8. The molecule has 0 bridgehead atoms. The molecular weight excluding hydrogens is 330 g/mol. The highest BCUT2D eigenvalue weighted by atomic mass is 79.9. The number of nitrogens with zero attached hydrogens (tertiary/aromatic N) is 2. The lowest BCUT2D eigenvalue weighted by Gasteiger charge is -2.11. The molecule has 0 aliphatic carbocycles. The van der Waals surface area contributed by atoms with Crippen LogP contribution in [0.15, 0.2) is 41.1 Å². The van der Waals surface area contributed by atoms with E-state index in [1.54, 1.807) is 6.20 Å². The van der Waals surface area contributed by atoms with Crippen LogP contribution in [0.25, 0.3) is 0 Å². The Hall–Kier alpha value is -1.04. The first kappa shape index (κ1) is 14.4. The van der Waals surface area contributed by atoms with Crippen molar-refractivity contribution in [3.8, 4) is 0 Å². The molecule has 0 fully saturated rings. The van der Waals surface area contributed by atoms with Crippen molar-refractivity contribution >= 4 is 33.2 Å². The number of anilines is 1. The molecule has 1 atom stereocenters. The van der Waals surface area contributed by atoms with E-state index < -0.39 is 6.10 Å². The third-order valence-electron chi connectivity index (χ3n) is 2.59. The van der Waals surface area contributed by atoms with E-state index in [1.807, 2.05) is 35.1 Å². The van der Waals surface area contributed by atoms with Crippen LogP contribution in [0.5, 0.6) is 0 Å². The van der Waals surface area contributed by atoms with Gasteiger partial charge in [-0.1, -0.05) is 12.1 Å². The molecule has 2 N–H and O–H groups in total. The van der Waals surface area contributed by atoms with Crippen molar-refractivity contribution in [1.82, 2.24) is 9.78 Å². The fourth-order valence-corrected chi connectivity index (χ4v) is 2.12. The topological polar surface area (TPSA) is 50.1 Å². The Morgan fingerprint density at radius 2 is 2.32 bits per heavy atom. The summed E-state index contributed by atoms with van der Waals surface area (Å²) in [5.41, 5.74) is 2.11. The van der Waals surface area contributed by atoms with Crippen molar-refractivity contribution in [2.45, 2.75) is 12.6 Å². The van der Waals surface area contributed by atoms with Crippen LogP contribution in [0.3, 0.4) is 0 Å². The zero-order chi connectivity index (χ0) is 13.7. The summed E-state index contributed by atoms with van der Waals surface area (Å²) < 4.78 is 2.82. The molecule has 0 radical (unpaired) electrons. The summed E-state index contributed by atoms with van der Waals surface area (Å²) in [7, 11) is 0. The highest BCUT2D eigenvalue weighted by Gasteiger charge is 2.03. The second-order valence-electron chi connectivity index (χ2n) is 4.25. The number of aromatic nitrogens is 2. The van der Waals surface area contributed by atoms with Gasteiger partial charge in [-0.15, -0.1) is 11.6 Å². The number of benzene rings is 1. The van der Waals surface area contributed by atoms with E-state index in [0.29, 0.717) is 13.1 Å². The quantitative estimate of drug-likeness (QED) is 0.792. The van der Waals surface area contributed by atoms with Crippen LogP contribution in [-0.2, 0) is 6.54 Å². The Kier molecular flexibility index (Phi) is 5.24. The largest absolute Gasteiger partial charge is 0.390 e. The van der Waals surface area contributed by atoms with E-state index in [9.17, 15) is 5.11 Å².